The molecule has 146 valence electrons. The van der Waals surface area contributed by atoms with Gasteiger partial charge < -0.3 is 10.2 Å². The topological polar surface area (TPSA) is 45.2 Å². The van der Waals surface area contributed by atoms with Gasteiger partial charge in [-0.05, 0) is 42.7 Å². The molecule has 27 heavy (non-hydrogen) atoms. The van der Waals surface area contributed by atoms with Gasteiger partial charge in [-0.2, -0.15) is 0 Å². The van der Waals surface area contributed by atoms with Crippen LogP contribution in [0.15, 0.2) is 29.6 Å². The molecule has 1 saturated heterocycles. The van der Waals surface area contributed by atoms with Crippen LogP contribution >= 0.6 is 11.3 Å². The molecule has 0 aliphatic carbocycles. The van der Waals surface area contributed by atoms with Gasteiger partial charge in [0.2, 0.25) is 5.91 Å². The first-order chi connectivity index (χ1) is 12.8. The summed E-state index contributed by atoms with van der Waals surface area (Å²) in [5.41, 5.74) is 3.21. The molecule has 0 radical (unpaired) electrons. The standard InChI is InChI=1S/C22H31N3OS/c1-16(14-22(2,3)4)13-20(26)23-18-9-7-17(8-10-18)19-15-27-21(24-19)25-11-5-6-12-25/h7-10,15-16H,5-6,11-14H2,1-4H3,(H,23,26)/t16-/m1/s1. The fourth-order valence-electron chi connectivity index (χ4n) is 3.82. The minimum Gasteiger partial charge on any atom is -0.348 e. The van der Waals surface area contributed by atoms with E-state index in [4.69, 9.17) is 4.98 Å². The second-order valence-electron chi connectivity index (χ2n) is 8.91. The van der Waals surface area contributed by atoms with Crippen LogP contribution in [-0.2, 0) is 4.79 Å². The molecule has 1 aromatic heterocycles. The van der Waals surface area contributed by atoms with E-state index in [9.17, 15) is 4.79 Å². The number of amides is 1. The zero-order valence-electron chi connectivity index (χ0n) is 16.9. The average Bonchev–Trinajstić information content (AvgIpc) is 3.25. The Morgan fingerprint density at radius 1 is 1.22 bits per heavy atom. The fourth-order valence-corrected chi connectivity index (χ4v) is 4.71. The van der Waals surface area contributed by atoms with Crippen molar-refractivity contribution in [2.75, 3.05) is 23.3 Å². The average molecular weight is 386 g/mol. The van der Waals surface area contributed by atoms with Crippen LogP contribution in [0.2, 0.25) is 0 Å². The Hall–Kier alpha value is -1.88. The molecule has 2 aromatic rings. The van der Waals surface area contributed by atoms with Crippen molar-refractivity contribution in [1.82, 2.24) is 4.98 Å². The molecule has 2 heterocycles. The number of benzene rings is 1. The maximum atomic E-state index is 12.3. The fraction of sp³-hybridized carbons (Fsp3) is 0.545. The van der Waals surface area contributed by atoms with Crippen molar-refractivity contribution in [2.45, 2.75) is 53.4 Å². The lowest BCUT2D eigenvalue weighted by molar-refractivity contribution is -0.117. The molecular formula is C22H31N3OS. The van der Waals surface area contributed by atoms with E-state index in [1.807, 2.05) is 24.3 Å². The van der Waals surface area contributed by atoms with E-state index >= 15 is 0 Å². The predicted octanol–water partition coefficient (Wildman–Crippen LogP) is 5.81. The maximum Gasteiger partial charge on any atom is 0.224 e. The van der Waals surface area contributed by atoms with Crippen LogP contribution in [0, 0.1) is 11.3 Å². The van der Waals surface area contributed by atoms with Crippen molar-refractivity contribution in [3.05, 3.63) is 29.6 Å². The van der Waals surface area contributed by atoms with Gasteiger partial charge in [-0.25, -0.2) is 4.98 Å². The van der Waals surface area contributed by atoms with Gasteiger partial charge in [0.1, 0.15) is 0 Å². The van der Waals surface area contributed by atoms with Gasteiger partial charge in [-0.15, -0.1) is 11.3 Å². The van der Waals surface area contributed by atoms with Crippen LogP contribution in [0.4, 0.5) is 10.8 Å². The largest absolute Gasteiger partial charge is 0.348 e. The van der Waals surface area contributed by atoms with E-state index in [0.717, 1.165) is 41.6 Å². The lowest BCUT2D eigenvalue weighted by Gasteiger charge is -2.22. The third kappa shape index (κ3) is 5.80. The van der Waals surface area contributed by atoms with Crippen molar-refractivity contribution < 1.29 is 4.79 Å². The quantitative estimate of drug-likeness (QED) is 0.682. The Balaban J connectivity index is 1.56. The SMILES string of the molecule is C[C@H](CC(=O)Nc1ccc(-c2csc(N3CCCC3)n2)cc1)CC(C)(C)C. The van der Waals surface area contributed by atoms with Crippen LogP contribution in [0.3, 0.4) is 0 Å². The van der Waals surface area contributed by atoms with E-state index in [2.05, 4.69) is 43.3 Å². The maximum absolute atomic E-state index is 12.3. The first-order valence-electron chi connectivity index (χ1n) is 9.91. The molecule has 0 saturated carbocycles. The number of hydrogen-bond acceptors (Lipinski definition) is 4. The number of aromatic nitrogens is 1. The lowest BCUT2D eigenvalue weighted by Crippen LogP contribution is -2.18. The predicted molar refractivity (Wildman–Crippen MR) is 115 cm³/mol. The summed E-state index contributed by atoms with van der Waals surface area (Å²) in [5.74, 6) is 0.466. The van der Waals surface area contributed by atoms with Crippen LogP contribution in [0.1, 0.15) is 53.4 Å². The summed E-state index contributed by atoms with van der Waals surface area (Å²) in [7, 11) is 0. The summed E-state index contributed by atoms with van der Waals surface area (Å²) in [4.78, 5) is 19.4. The summed E-state index contributed by atoms with van der Waals surface area (Å²) >= 11 is 1.71. The third-order valence-corrected chi connectivity index (χ3v) is 5.73. The highest BCUT2D eigenvalue weighted by atomic mass is 32.1. The molecule has 1 aliphatic heterocycles. The minimum absolute atomic E-state index is 0.0875. The van der Waals surface area contributed by atoms with Crippen molar-refractivity contribution in [1.29, 1.82) is 0 Å². The number of anilines is 2. The van der Waals surface area contributed by atoms with E-state index < -0.39 is 0 Å². The number of rotatable bonds is 6. The lowest BCUT2D eigenvalue weighted by atomic mass is 9.84. The van der Waals surface area contributed by atoms with Gasteiger partial charge in [0, 0.05) is 36.1 Å². The number of carbonyl (C=O) groups excluding carboxylic acids is 1. The number of nitrogens with zero attached hydrogens (tertiary/aromatic N) is 2. The van der Waals surface area contributed by atoms with E-state index in [1.54, 1.807) is 11.3 Å². The van der Waals surface area contributed by atoms with Gasteiger partial charge in [0.25, 0.3) is 0 Å². The molecule has 4 nitrogen and oxygen atoms in total. The molecule has 3 rings (SSSR count). The molecule has 0 bridgehead atoms. The number of nitrogens with one attached hydrogen (secondary N) is 1. The van der Waals surface area contributed by atoms with Gasteiger partial charge in [0.15, 0.2) is 5.13 Å². The smallest absolute Gasteiger partial charge is 0.224 e. The van der Waals surface area contributed by atoms with Gasteiger partial charge in [-0.1, -0.05) is 39.8 Å². The molecule has 1 aromatic carbocycles. The highest BCUT2D eigenvalue weighted by Gasteiger charge is 2.18. The number of hydrogen-bond donors (Lipinski definition) is 1. The summed E-state index contributed by atoms with van der Waals surface area (Å²) < 4.78 is 0. The zero-order valence-corrected chi connectivity index (χ0v) is 17.7. The minimum atomic E-state index is 0.0875. The van der Waals surface area contributed by atoms with Crippen LogP contribution in [-0.4, -0.2) is 24.0 Å². The molecule has 0 unspecified atom stereocenters. The van der Waals surface area contributed by atoms with Gasteiger partial charge in [-0.3, -0.25) is 4.79 Å². The summed E-state index contributed by atoms with van der Waals surface area (Å²) in [6.45, 7) is 11.0. The number of carbonyl (C=O) groups is 1. The molecule has 1 atom stereocenters. The highest BCUT2D eigenvalue weighted by molar-refractivity contribution is 7.14. The van der Waals surface area contributed by atoms with Crippen molar-refractivity contribution >= 4 is 28.1 Å². The summed E-state index contributed by atoms with van der Waals surface area (Å²) in [6, 6.07) is 8.01. The van der Waals surface area contributed by atoms with E-state index in [-0.39, 0.29) is 11.3 Å². The Kier molecular flexibility index (Phi) is 6.20. The zero-order chi connectivity index (χ0) is 19.4. The Labute approximate surface area is 167 Å². The first-order valence-corrected chi connectivity index (χ1v) is 10.8. The van der Waals surface area contributed by atoms with E-state index in [0.29, 0.717) is 12.3 Å². The van der Waals surface area contributed by atoms with Gasteiger partial charge in [0.05, 0.1) is 5.69 Å². The van der Waals surface area contributed by atoms with Crippen molar-refractivity contribution in [2.24, 2.45) is 11.3 Å². The van der Waals surface area contributed by atoms with Crippen LogP contribution < -0.4 is 10.2 Å². The Bertz CT molecular complexity index is 755. The van der Waals surface area contributed by atoms with Crippen molar-refractivity contribution in [3.63, 3.8) is 0 Å². The summed E-state index contributed by atoms with van der Waals surface area (Å²) in [6.07, 6.45) is 4.13. The molecule has 1 N–H and O–H groups in total. The monoisotopic (exact) mass is 385 g/mol. The molecule has 5 heteroatoms. The van der Waals surface area contributed by atoms with Crippen molar-refractivity contribution in [3.8, 4) is 11.3 Å². The molecule has 1 fully saturated rings. The van der Waals surface area contributed by atoms with Crippen LogP contribution in [0.25, 0.3) is 11.3 Å². The molecule has 0 spiro atoms. The van der Waals surface area contributed by atoms with E-state index in [1.165, 1.54) is 12.8 Å². The molecule has 1 aliphatic rings. The van der Waals surface area contributed by atoms with Gasteiger partial charge >= 0.3 is 0 Å². The second kappa shape index (κ2) is 8.42. The molecular weight excluding hydrogens is 354 g/mol. The summed E-state index contributed by atoms with van der Waals surface area (Å²) in [5, 5.41) is 6.26. The highest BCUT2D eigenvalue weighted by Crippen LogP contribution is 2.30. The Morgan fingerprint density at radius 3 is 2.52 bits per heavy atom. The first kappa shape index (κ1) is 19.9. The van der Waals surface area contributed by atoms with Crippen LogP contribution in [0.5, 0.6) is 0 Å². The normalized spacial score (nSPS) is 15.8. The second-order valence-corrected chi connectivity index (χ2v) is 9.75. The molecule has 1 amide bonds. The number of thiazole rings is 1. The third-order valence-electron chi connectivity index (χ3n) is 4.83. The Morgan fingerprint density at radius 2 is 1.89 bits per heavy atom.